The predicted octanol–water partition coefficient (Wildman–Crippen LogP) is 3.50. The highest BCUT2D eigenvalue weighted by atomic mass is 16.5. The van der Waals surface area contributed by atoms with E-state index in [1.54, 1.807) is 12.1 Å². The number of carbonyl (C=O) groups excluding carboxylic acids is 2. The van der Waals surface area contributed by atoms with Crippen molar-refractivity contribution in [3.63, 3.8) is 0 Å². The van der Waals surface area contributed by atoms with Gasteiger partial charge >= 0.3 is 5.97 Å². The molecule has 0 spiro atoms. The lowest BCUT2D eigenvalue weighted by atomic mass is 10.00. The van der Waals surface area contributed by atoms with Crippen LogP contribution in [0.1, 0.15) is 40.2 Å². The van der Waals surface area contributed by atoms with Crippen LogP contribution in [0.4, 0.5) is 0 Å². The maximum atomic E-state index is 13.0. The van der Waals surface area contributed by atoms with Crippen molar-refractivity contribution in [1.29, 1.82) is 0 Å². The molecule has 1 amide bonds. The Morgan fingerprint density at radius 2 is 1.81 bits per heavy atom. The largest absolute Gasteiger partial charge is 0.467 e. The van der Waals surface area contributed by atoms with Crippen LogP contribution in [-0.2, 0) is 28.8 Å². The van der Waals surface area contributed by atoms with E-state index in [2.05, 4.69) is 10.3 Å². The Bertz CT molecular complexity index is 1330. The zero-order chi connectivity index (χ0) is 22.1. The molecule has 162 valence electrons. The van der Waals surface area contributed by atoms with Crippen LogP contribution < -0.4 is 5.32 Å². The van der Waals surface area contributed by atoms with Crippen LogP contribution in [0.5, 0.6) is 0 Å². The number of hydrogen-bond acceptors (Lipinski definition) is 5. The molecule has 0 fully saturated rings. The number of fused-ring (bicyclic) bond motifs is 3. The van der Waals surface area contributed by atoms with Crippen LogP contribution in [0.2, 0.25) is 0 Å². The van der Waals surface area contributed by atoms with E-state index in [9.17, 15) is 9.59 Å². The molecule has 0 bridgehead atoms. The quantitative estimate of drug-likeness (QED) is 0.474. The van der Waals surface area contributed by atoms with Gasteiger partial charge in [0, 0.05) is 29.1 Å². The monoisotopic (exact) mass is 428 g/mol. The topological polar surface area (TPSA) is 97.0 Å². The Kier molecular flexibility index (Phi) is 5.31. The molecule has 0 saturated carbocycles. The minimum Gasteiger partial charge on any atom is -0.467 e. The van der Waals surface area contributed by atoms with Crippen molar-refractivity contribution in [3.05, 3.63) is 71.2 Å². The summed E-state index contributed by atoms with van der Waals surface area (Å²) in [6, 6.07) is 12.3. The third-order valence-electron chi connectivity index (χ3n) is 6.05. The number of esters is 1. The Balaban J connectivity index is 1.40. The highest BCUT2D eigenvalue weighted by Gasteiger charge is 2.24. The van der Waals surface area contributed by atoms with Crippen LogP contribution in [0, 0.1) is 0 Å². The van der Waals surface area contributed by atoms with Crippen molar-refractivity contribution in [2.75, 3.05) is 7.11 Å². The van der Waals surface area contributed by atoms with E-state index in [-0.39, 0.29) is 5.91 Å². The molecule has 32 heavy (non-hydrogen) atoms. The first-order valence-corrected chi connectivity index (χ1v) is 10.9. The van der Waals surface area contributed by atoms with Gasteiger partial charge in [0.05, 0.1) is 29.5 Å². The molecule has 1 atom stereocenters. The van der Waals surface area contributed by atoms with Gasteiger partial charge in [-0.05, 0) is 55.5 Å². The first-order chi connectivity index (χ1) is 15.6. The molecule has 7 nitrogen and oxygen atoms in total. The molecule has 0 radical (unpaired) electrons. The molecular formula is C25H24N4O3. The summed E-state index contributed by atoms with van der Waals surface area (Å²) >= 11 is 0. The minimum absolute atomic E-state index is 0.323. The fraction of sp³-hybridized carbons (Fsp3) is 0.280. The number of benzene rings is 2. The Morgan fingerprint density at radius 1 is 1.06 bits per heavy atom. The number of H-pyrrole nitrogens is 1. The van der Waals surface area contributed by atoms with E-state index < -0.39 is 12.0 Å². The Labute approximate surface area is 185 Å². The molecule has 4 aromatic rings. The van der Waals surface area contributed by atoms with Gasteiger partial charge in [-0.2, -0.15) is 0 Å². The van der Waals surface area contributed by atoms with E-state index in [1.165, 1.54) is 7.11 Å². The second kappa shape index (κ2) is 8.42. The van der Waals surface area contributed by atoms with Crippen LogP contribution in [0.25, 0.3) is 21.9 Å². The average molecular weight is 428 g/mol. The summed E-state index contributed by atoms with van der Waals surface area (Å²) in [5.41, 5.74) is 5.92. The fourth-order valence-corrected chi connectivity index (χ4v) is 4.35. The number of aromatic amines is 1. The zero-order valence-electron chi connectivity index (χ0n) is 17.9. The smallest absolute Gasteiger partial charge is 0.328 e. The number of amides is 1. The number of nitrogens with one attached hydrogen (secondary N) is 2. The second-order valence-electron chi connectivity index (χ2n) is 8.14. The molecule has 7 heteroatoms. The van der Waals surface area contributed by atoms with Gasteiger partial charge in [0.2, 0.25) is 0 Å². The van der Waals surface area contributed by atoms with Crippen LogP contribution in [0.3, 0.4) is 0 Å². The maximum Gasteiger partial charge on any atom is 0.328 e. The number of para-hydroxylation sites is 1. The van der Waals surface area contributed by atoms with Crippen LogP contribution >= 0.6 is 0 Å². The number of rotatable bonds is 5. The maximum absolute atomic E-state index is 13.0. The summed E-state index contributed by atoms with van der Waals surface area (Å²) in [6.07, 6.45) is 6.31. The molecule has 0 saturated heterocycles. The lowest BCUT2D eigenvalue weighted by Gasteiger charge is -2.17. The van der Waals surface area contributed by atoms with E-state index >= 15 is 0 Å². The number of carbonyl (C=O) groups is 2. The molecular weight excluding hydrogens is 404 g/mol. The lowest BCUT2D eigenvalue weighted by molar-refractivity contribution is -0.142. The van der Waals surface area contributed by atoms with Gasteiger partial charge in [0.15, 0.2) is 0 Å². The van der Waals surface area contributed by atoms with Gasteiger partial charge in [0.1, 0.15) is 6.04 Å². The average Bonchev–Trinajstić information content (AvgIpc) is 3.24. The van der Waals surface area contributed by atoms with E-state index in [0.717, 1.165) is 59.1 Å². The summed E-state index contributed by atoms with van der Waals surface area (Å²) in [5.74, 6) is -0.833. The summed E-state index contributed by atoms with van der Waals surface area (Å²) in [5, 5.41) is 3.85. The number of ether oxygens (including phenoxy) is 1. The first kappa shape index (κ1) is 20.2. The van der Waals surface area contributed by atoms with Crippen LogP contribution in [-0.4, -0.2) is 40.0 Å². The Hall–Kier alpha value is -3.74. The molecule has 1 aliphatic rings. The molecule has 2 aromatic heterocycles. The standard InChI is InChI=1S/C25H24N4O3/c1-32-25(31)23(13-16-14-26-18-7-3-2-6-17(16)18)29-24(30)15-10-11-21-22(12-15)28-20-9-5-4-8-19(20)27-21/h2-3,6-7,10-12,14,23,26H,4-5,8-9,13H2,1H3,(H,29,30)/t23-/m0/s1. The summed E-state index contributed by atoms with van der Waals surface area (Å²) < 4.78 is 4.96. The number of hydrogen-bond donors (Lipinski definition) is 2. The lowest BCUT2D eigenvalue weighted by Crippen LogP contribution is -2.43. The normalized spacial score (nSPS) is 14.2. The van der Waals surface area contributed by atoms with Crippen molar-refractivity contribution in [3.8, 4) is 0 Å². The molecule has 0 aliphatic heterocycles. The van der Waals surface area contributed by atoms with Crippen molar-refractivity contribution >= 4 is 33.8 Å². The second-order valence-corrected chi connectivity index (χ2v) is 8.14. The van der Waals surface area contributed by atoms with Gasteiger partial charge in [-0.15, -0.1) is 0 Å². The Morgan fingerprint density at radius 3 is 2.59 bits per heavy atom. The first-order valence-electron chi connectivity index (χ1n) is 10.9. The molecule has 5 rings (SSSR count). The molecule has 0 unspecified atom stereocenters. The molecule has 1 aliphatic carbocycles. The van der Waals surface area contributed by atoms with Gasteiger partial charge in [0.25, 0.3) is 5.91 Å². The zero-order valence-corrected chi connectivity index (χ0v) is 17.9. The third-order valence-corrected chi connectivity index (χ3v) is 6.05. The van der Waals surface area contributed by atoms with E-state index in [1.807, 2.05) is 36.5 Å². The number of aryl methyl sites for hydroxylation is 2. The van der Waals surface area contributed by atoms with Gasteiger partial charge in [-0.3, -0.25) is 4.79 Å². The highest BCUT2D eigenvalue weighted by Crippen LogP contribution is 2.22. The van der Waals surface area contributed by atoms with Crippen LogP contribution in [0.15, 0.2) is 48.7 Å². The summed E-state index contributed by atoms with van der Waals surface area (Å²) in [7, 11) is 1.32. The number of methoxy groups -OCH3 is 1. The molecule has 2 aromatic carbocycles. The number of nitrogens with zero attached hydrogens (tertiary/aromatic N) is 2. The molecule has 2 N–H and O–H groups in total. The van der Waals surface area contributed by atoms with Gasteiger partial charge in [-0.25, -0.2) is 14.8 Å². The van der Waals surface area contributed by atoms with E-state index in [0.29, 0.717) is 17.5 Å². The van der Waals surface area contributed by atoms with Gasteiger partial charge in [-0.1, -0.05) is 18.2 Å². The fourth-order valence-electron chi connectivity index (χ4n) is 4.35. The highest BCUT2D eigenvalue weighted by molar-refractivity contribution is 5.99. The van der Waals surface area contributed by atoms with E-state index in [4.69, 9.17) is 14.7 Å². The SMILES string of the molecule is COC(=O)[C@H](Cc1c[nH]c2ccccc12)NC(=O)c1ccc2nc3c(nc2c1)CCCC3. The minimum atomic E-state index is -0.808. The van der Waals surface area contributed by atoms with Crippen molar-refractivity contribution in [2.45, 2.75) is 38.1 Å². The van der Waals surface area contributed by atoms with Crippen molar-refractivity contribution in [2.24, 2.45) is 0 Å². The third kappa shape index (κ3) is 3.82. The summed E-state index contributed by atoms with van der Waals surface area (Å²) in [6.45, 7) is 0. The van der Waals surface area contributed by atoms with Crippen molar-refractivity contribution in [1.82, 2.24) is 20.3 Å². The van der Waals surface area contributed by atoms with Crippen molar-refractivity contribution < 1.29 is 14.3 Å². The molecule has 2 heterocycles. The number of aromatic nitrogens is 3. The predicted molar refractivity (Wildman–Crippen MR) is 121 cm³/mol. The summed E-state index contributed by atoms with van der Waals surface area (Å²) in [4.78, 5) is 38.1. The van der Waals surface area contributed by atoms with Gasteiger partial charge < -0.3 is 15.0 Å².